The van der Waals surface area contributed by atoms with Gasteiger partial charge in [0.25, 0.3) is 0 Å². The number of phenols is 1. The average Bonchev–Trinajstić information content (AvgIpc) is 2.63. The summed E-state index contributed by atoms with van der Waals surface area (Å²) in [6.07, 6.45) is 11.9. The predicted molar refractivity (Wildman–Crippen MR) is 107 cm³/mol. The monoisotopic (exact) mass is 329 g/mol. The molecule has 126 valence electrons. The molecule has 0 radical (unpaired) electrons. The maximum atomic E-state index is 9.51. The van der Waals surface area contributed by atoms with Crippen LogP contribution in [0.25, 0.3) is 29.1 Å². The smallest absolute Gasteiger partial charge is 0.116 e. The second-order valence-electron chi connectivity index (χ2n) is 6.16. The number of benzene rings is 2. The highest BCUT2D eigenvalue weighted by Gasteiger charge is 1.98. The molecule has 1 N–H and O–H groups in total. The Morgan fingerprint density at radius 2 is 1.80 bits per heavy atom. The molecule has 0 unspecified atom stereocenters. The van der Waals surface area contributed by atoms with E-state index < -0.39 is 0 Å². The second-order valence-corrected chi connectivity index (χ2v) is 6.16. The van der Waals surface area contributed by atoms with E-state index in [4.69, 9.17) is 4.98 Å². The minimum absolute atomic E-state index is 0.271. The molecule has 0 spiro atoms. The molecular formula is C23H23NO. The van der Waals surface area contributed by atoms with Gasteiger partial charge in [-0.15, -0.1) is 0 Å². The van der Waals surface area contributed by atoms with E-state index in [1.54, 1.807) is 12.1 Å². The summed E-state index contributed by atoms with van der Waals surface area (Å²) in [6, 6.07) is 17.7. The third kappa shape index (κ3) is 4.80. The summed E-state index contributed by atoms with van der Waals surface area (Å²) in [5.74, 6) is 0.271. The quantitative estimate of drug-likeness (QED) is 0.537. The van der Waals surface area contributed by atoms with Gasteiger partial charge in [0.15, 0.2) is 0 Å². The molecule has 3 aromatic rings. The molecule has 0 aliphatic rings. The van der Waals surface area contributed by atoms with Gasteiger partial charge in [-0.1, -0.05) is 62.3 Å². The molecule has 0 saturated heterocycles. The second kappa shape index (κ2) is 8.29. The van der Waals surface area contributed by atoms with Crippen LogP contribution in [0.5, 0.6) is 5.75 Å². The molecule has 2 heteroatoms. The summed E-state index contributed by atoms with van der Waals surface area (Å²) in [7, 11) is 0. The van der Waals surface area contributed by atoms with Crippen LogP contribution in [0.4, 0.5) is 0 Å². The van der Waals surface area contributed by atoms with Crippen LogP contribution in [0, 0.1) is 0 Å². The number of allylic oxidation sites excluding steroid dienone is 1. The van der Waals surface area contributed by atoms with Crippen molar-refractivity contribution in [1.82, 2.24) is 4.98 Å². The van der Waals surface area contributed by atoms with Gasteiger partial charge in [-0.25, -0.2) is 4.98 Å². The van der Waals surface area contributed by atoms with Crippen LogP contribution in [0.15, 0.2) is 60.7 Å². The maximum absolute atomic E-state index is 9.51. The van der Waals surface area contributed by atoms with Crippen molar-refractivity contribution in [3.63, 3.8) is 0 Å². The largest absolute Gasteiger partial charge is 0.508 e. The van der Waals surface area contributed by atoms with Crippen LogP contribution in [0.2, 0.25) is 0 Å². The van der Waals surface area contributed by atoms with Gasteiger partial charge in [-0.05, 0) is 54.0 Å². The lowest BCUT2D eigenvalue weighted by Crippen LogP contribution is -1.84. The van der Waals surface area contributed by atoms with E-state index in [2.05, 4.69) is 43.3 Å². The average molecular weight is 329 g/mol. The van der Waals surface area contributed by atoms with E-state index >= 15 is 0 Å². The summed E-state index contributed by atoms with van der Waals surface area (Å²) in [5.41, 5.74) is 4.06. The molecule has 0 aliphatic heterocycles. The van der Waals surface area contributed by atoms with Crippen LogP contribution >= 0.6 is 0 Å². The molecule has 0 saturated carbocycles. The van der Waals surface area contributed by atoms with Crippen molar-refractivity contribution in [2.45, 2.75) is 26.2 Å². The van der Waals surface area contributed by atoms with E-state index in [9.17, 15) is 5.11 Å². The number of nitrogens with zero attached hydrogens (tertiary/aromatic N) is 1. The number of hydrogen-bond acceptors (Lipinski definition) is 2. The Labute approximate surface area is 149 Å². The number of hydrogen-bond donors (Lipinski definition) is 1. The molecule has 0 fully saturated rings. The van der Waals surface area contributed by atoms with Gasteiger partial charge >= 0.3 is 0 Å². The first kappa shape index (κ1) is 17.0. The highest BCUT2D eigenvalue weighted by Crippen LogP contribution is 2.18. The fourth-order valence-electron chi connectivity index (χ4n) is 2.71. The molecule has 2 nitrogen and oxygen atoms in total. The van der Waals surface area contributed by atoms with E-state index in [0.29, 0.717) is 0 Å². The molecular weight excluding hydrogens is 306 g/mol. The van der Waals surface area contributed by atoms with Crippen LogP contribution in [0.3, 0.4) is 0 Å². The predicted octanol–water partition coefficient (Wildman–Crippen LogP) is 6.31. The molecule has 0 amide bonds. The Morgan fingerprint density at radius 1 is 0.920 bits per heavy atom. The Morgan fingerprint density at radius 3 is 2.64 bits per heavy atom. The van der Waals surface area contributed by atoms with Gasteiger partial charge < -0.3 is 5.11 Å². The number of aromatic nitrogens is 1. The topological polar surface area (TPSA) is 33.1 Å². The molecule has 2 aromatic carbocycles. The summed E-state index contributed by atoms with van der Waals surface area (Å²) in [4.78, 5) is 4.69. The fourth-order valence-corrected chi connectivity index (χ4v) is 2.71. The lowest BCUT2D eigenvalue weighted by atomic mass is 10.1. The van der Waals surface area contributed by atoms with Gasteiger partial charge in [0.1, 0.15) is 5.75 Å². The Bertz CT molecular complexity index is 909. The molecule has 0 aliphatic carbocycles. The number of fused-ring (bicyclic) bond motifs is 1. The normalized spacial score (nSPS) is 11.7. The van der Waals surface area contributed by atoms with Gasteiger partial charge in [-0.3, -0.25) is 0 Å². The zero-order chi connectivity index (χ0) is 17.5. The van der Waals surface area contributed by atoms with Crippen molar-refractivity contribution in [2.24, 2.45) is 0 Å². The van der Waals surface area contributed by atoms with Crippen molar-refractivity contribution >= 4 is 29.1 Å². The van der Waals surface area contributed by atoms with Crippen molar-refractivity contribution in [2.75, 3.05) is 0 Å². The van der Waals surface area contributed by atoms with Crippen LogP contribution < -0.4 is 0 Å². The molecule has 0 bridgehead atoms. The minimum Gasteiger partial charge on any atom is -0.508 e. The zero-order valence-corrected chi connectivity index (χ0v) is 14.5. The molecule has 1 aromatic heterocycles. The highest BCUT2D eigenvalue weighted by atomic mass is 16.3. The van der Waals surface area contributed by atoms with Crippen molar-refractivity contribution in [3.8, 4) is 5.75 Å². The van der Waals surface area contributed by atoms with Gasteiger partial charge in [0.05, 0.1) is 11.2 Å². The molecule has 3 rings (SSSR count). The Kier molecular flexibility index (Phi) is 5.63. The third-order valence-electron chi connectivity index (χ3n) is 4.09. The zero-order valence-electron chi connectivity index (χ0n) is 14.5. The first-order valence-corrected chi connectivity index (χ1v) is 8.79. The van der Waals surface area contributed by atoms with Crippen LogP contribution in [0.1, 0.15) is 43.0 Å². The standard InChI is InChI=1S/C23H23NO/c1-2-3-4-5-7-18-11-15-23-20(16-18)12-14-21(24-23)13-10-19-8-6-9-22(25)17-19/h5-17,25H,2-4H2,1H3/b7-5+,13-10+. The van der Waals surface area contributed by atoms with E-state index in [0.717, 1.165) is 28.6 Å². The molecule has 1 heterocycles. The van der Waals surface area contributed by atoms with E-state index in [1.165, 1.54) is 18.4 Å². The van der Waals surface area contributed by atoms with Gasteiger partial charge in [0.2, 0.25) is 0 Å². The van der Waals surface area contributed by atoms with Crippen molar-refractivity contribution in [3.05, 3.63) is 77.5 Å². The number of rotatable bonds is 6. The van der Waals surface area contributed by atoms with Crippen LogP contribution in [-0.2, 0) is 0 Å². The number of phenolic OH excluding ortho intramolecular Hbond substituents is 1. The molecule has 25 heavy (non-hydrogen) atoms. The molecule has 0 atom stereocenters. The first-order valence-electron chi connectivity index (χ1n) is 8.79. The number of unbranched alkanes of at least 4 members (excludes halogenated alkanes) is 2. The third-order valence-corrected chi connectivity index (χ3v) is 4.09. The van der Waals surface area contributed by atoms with Crippen LogP contribution in [-0.4, -0.2) is 10.1 Å². The van der Waals surface area contributed by atoms with E-state index in [-0.39, 0.29) is 5.75 Å². The lowest BCUT2D eigenvalue weighted by Gasteiger charge is -2.01. The first-order chi connectivity index (χ1) is 12.2. The summed E-state index contributed by atoms with van der Waals surface area (Å²) < 4.78 is 0. The minimum atomic E-state index is 0.271. The number of aromatic hydroxyl groups is 1. The lowest BCUT2D eigenvalue weighted by molar-refractivity contribution is 0.475. The van der Waals surface area contributed by atoms with E-state index in [1.807, 2.05) is 30.4 Å². The van der Waals surface area contributed by atoms with Gasteiger partial charge in [0, 0.05) is 5.39 Å². The summed E-state index contributed by atoms with van der Waals surface area (Å²) in [5, 5.41) is 10.7. The highest BCUT2D eigenvalue weighted by molar-refractivity contribution is 5.83. The van der Waals surface area contributed by atoms with Crippen molar-refractivity contribution < 1.29 is 5.11 Å². The maximum Gasteiger partial charge on any atom is 0.116 e. The van der Waals surface area contributed by atoms with Crippen molar-refractivity contribution in [1.29, 1.82) is 0 Å². The van der Waals surface area contributed by atoms with Gasteiger partial charge in [-0.2, -0.15) is 0 Å². The number of pyridine rings is 1. The fraction of sp³-hybridized carbons (Fsp3) is 0.174. The SMILES string of the molecule is CCCC/C=C/c1ccc2nc(/C=C/c3cccc(O)c3)ccc2c1. The Balaban J connectivity index is 1.77. The Hall–Kier alpha value is -2.87. The summed E-state index contributed by atoms with van der Waals surface area (Å²) in [6.45, 7) is 2.21. The summed E-state index contributed by atoms with van der Waals surface area (Å²) >= 11 is 0.